The second-order valence-corrected chi connectivity index (χ2v) is 7.12. The van der Waals surface area contributed by atoms with Gasteiger partial charge in [0.05, 0.1) is 0 Å². The lowest BCUT2D eigenvalue weighted by atomic mass is 9.92. The Morgan fingerprint density at radius 2 is 2.05 bits per heavy atom. The maximum Gasteiger partial charge on any atom is 0.441 e. The molecule has 2 aliphatic rings. The summed E-state index contributed by atoms with van der Waals surface area (Å²) in [6.45, 7) is 6.63. The van der Waals surface area contributed by atoms with Crippen molar-refractivity contribution in [3.63, 3.8) is 0 Å². The maximum atomic E-state index is 12.2. The van der Waals surface area contributed by atoms with Crippen LogP contribution in [0.5, 0.6) is 0 Å². The van der Waals surface area contributed by atoms with E-state index in [1.807, 2.05) is 0 Å². The van der Waals surface area contributed by atoms with Crippen LogP contribution in [-0.4, -0.2) is 47.4 Å². The van der Waals surface area contributed by atoms with E-state index >= 15 is 0 Å². The van der Waals surface area contributed by atoms with E-state index in [0.29, 0.717) is 18.5 Å². The molecule has 2 fully saturated rings. The number of halogens is 3. The Balaban J connectivity index is 1.88. The molecule has 0 aromatic heterocycles. The van der Waals surface area contributed by atoms with Crippen LogP contribution in [0.2, 0.25) is 0 Å². The van der Waals surface area contributed by atoms with Gasteiger partial charge in [-0.25, -0.2) is 0 Å². The molecule has 1 N–H and O–H groups in total. The second kappa shape index (κ2) is 5.82. The zero-order valence-electron chi connectivity index (χ0n) is 11.6. The lowest BCUT2D eigenvalue weighted by Crippen LogP contribution is -2.63. The van der Waals surface area contributed by atoms with Crippen molar-refractivity contribution < 1.29 is 13.2 Å². The topological polar surface area (TPSA) is 15.3 Å². The highest BCUT2D eigenvalue weighted by Crippen LogP contribution is 2.38. The molecule has 1 saturated carbocycles. The van der Waals surface area contributed by atoms with E-state index in [4.69, 9.17) is 0 Å². The zero-order valence-corrected chi connectivity index (χ0v) is 12.4. The fraction of sp³-hybridized carbons (Fsp3) is 1.00. The van der Waals surface area contributed by atoms with Gasteiger partial charge in [-0.05, 0) is 43.9 Å². The third-order valence-electron chi connectivity index (χ3n) is 4.35. The van der Waals surface area contributed by atoms with Crippen molar-refractivity contribution in [3.05, 3.63) is 0 Å². The lowest BCUT2D eigenvalue weighted by Gasteiger charge is -2.46. The van der Waals surface area contributed by atoms with Crippen LogP contribution in [-0.2, 0) is 0 Å². The van der Waals surface area contributed by atoms with Gasteiger partial charge in [-0.15, -0.1) is 0 Å². The lowest BCUT2D eigenvalue weighted by molar-refractivity contribution is -0.0330. The molecule has 0 aromatic rings. The SMILES string of the molecule is CCC1(C)CN(CCSC(F)(F)F)C(C2CC2)CN1. The summed E-state index contributed by atoms with van der Waals surface area (Å²) in [5.74, 6) is 0.844. The first-order valence-corrected chi connectivity index (χ1v) is 8.01. The molecule has 2 atom stereocenters. The fourth-order valence-electron chi connectivity index (χ4n) is 2.81. The number of alkyl halides is 3. The summed E-state index contributed by atoms with van der Waals surface area (Å²) >= 11 is 0.107. The molecule has 1 heterocycles. The van der Waals surface area contributed by atoms with Gasteiger partial charge < -0.3 is 5.32 Å². The molecule has 0 bridgehead atoms. The Hall–Kier alpha value is 0.0600. The highest BCUT2D eigenvalue weighted by molar-refractivity contribution is 8.00. The third-order valence-corrected chi connectivity index (χ3v) is 5.06. The summed E-state index contributed by atoms with van der Waals surface area (Å²) in [5, 5.41) is 3.58. The molecular formula is C13H23F3N2S. The third kappa shape index (κ3) is 4.53. The molecule has 0 aromatic carbocycles. The summed E-state index contributed by atoms with van der Waals surface area (Å²) < 4.78 is 36.7. The number of piperazine rings is 1. The Kier molecular flexibility index (Phi) is 4.73. The molecule has 0 spiro atoms. The van der Waals surface area contributed by atoms with Crippen molar-refractivity contribution in [2.24, 2.45) is 5.92 Å². The molecule has 2 unspecified atom stereocenters. The van der Waals surface area contributed by atoms with Crippen molar-refractivity contribution in [1.82, 2.24) is 10.2 Å². The van der Waals surface area contributed by atoms with Crippen LogP contribution in [0.4, 0.5) is 13.2 Å². The minimum Gasteiger partial charge on any atom is -0.309 e. The molecule has 2 rings (SSSR count). The van der Waals surface area contributed by atoms with Gasteiger partial charge in [0.1, 0.15) is 0 Å². The second-order valence-electron chi connectivity index (χ2n) is 5.96. The average Bonchev–Trinajstić information content (AvgIpc) is 3.12. The van der Waals surface area contributed by atoms with Crippen LogP contribution in [0.1, 0.15) is 33.1 Å². The van der Waals surface area contributed by atoms with Crippen molar-refractivity contribution in [1.29, 1.82) is 0 Å². The number of rotatable bonds is 5. The van der Waals surface area contributed by atoms with Gasteiger partial charge in [0.25, 0.3) is 0 Å². The normalized spacial score (nSPS) is 33.6. The van der Waals surface area contributed by atoms with Gasteiger partial charge in [-0.2, -0.15) is 13.2 Å². The molecule has 0 radical (unpaired) electrons. The van der Waals surface area contributed by atoms with Crippen molar-refractivity contribution in [2.75, 3.05) is 25.4 Å². The summed E-state index contributed by atoms with van der Waals surface area (Å²) in [4.78, 5) is 2.29. The quantitative estimate of drug-likeness (QED) is 0.839. The summed E-state index contributed by atoms with van der Waals surface area (Å²) in [5.41, 5.74) is -4.05. The molecule has 0 amide bonds. The van der Waals surface area contributed by atoms with Crippen LogP contribution in [0.3, 0.4) is 0 Å². The van der Waals surface area contributed by atoms with Gasteiger partial charge in [0.2, 0.25) is 0 Å². The van der Waals surface area contributed by atoms with E-state index in [9.17, 15) is 13.2 Å². The standard InChI is InChI=1S/C13H23F3N2S/c1-3-12(2)9-18(6-7-19-13(14,15)16)11(8-17-12)10-4-5-10/h10-11,17H,3-9H2,1-2H3. The van der Waals surface area contributed by atoms with Crippen LogP contribution in [0.25, 0.3) is 0 Å². The Morgan fingerprint density at radius 3 is 2.58 bits per heavy atom. The Labute approximate surface area is 117 Å². The number of nitrogens with zero attached hydrogens (tertiary/aromatic N) is 1. The first-order chi connectivity index (χ1) is 8.83. The number of nitrogens with one attached hydrogen (secondary N) is 1. The van der Waals surface area contributed by atoms with Crippen LogP contribution in [0, 0.1) is 5.92 Å². The first-order valence-electron chi connectivity index (χ1n) is 7.03. The van der Waals surface area contributed by atoms with Crippen LogP contribution in [0.15, 0.2) is 0 Å². The Morgan fingerprint density at radius 1 is 1.37 bits per heavy atom. The van der Waals surface area contributed by atoms with Gasteiger partial charge >= 0.3 is 5.51 Å². The predicted molar refractivity (Wildman–Crippen MR) is 73.3 cm³/mol. The van der Waals surface area contributed by atoms with E-state index in [0.717, 1.165) is 19.5 Å². The van der Waals surface area contributed by atoms with E-state index in [-0.39, 0.29) is 23.1 Å². The summed E-state index contributed by atoms with van der Waals surface area (Å²) in [6, 6.07) is 0.438. The fourth-order valence-corrected chi connectivity index (χ4v) is 3.36. The molecule has 2 nitrogen and oxygen atoms in total. The minimum atomic E-state index is -4.10. The molecule has 1 aliphatic carbocycles. The molecule has 19 heavy (non-hydrogen) atoms. The zero-order chi connectivity index (χ0) is 14.1. The largest absolute Gasteiger partial charge is 0.441 e. The highest BCUT2D eigenvalue weighted by atomic mass is 32.2. The van der Waals surface area contributed by atoms with E-state index < -0.39 is 5.51 Å². The molecule has 1 saturated heterocycles. The van der Waals surface area contributed by atoms with Crippen molar-refractivity contribution >= 4 is 11.8 Å². The molecule has 6 heteroatoms. The van der Waals surface area contributed by atoms with E-state index in [1.165, 1.54) is 12.8 Å². The number of hydrogen-bond acceptors (Lipinski definition) is 3. The average molecular weight is 296 g/mol. The van der Waals surface area contributed by atoms with E-state index in [1.54, 1.807) is 0 Å². The maximum absolute atomic E-state index is 12.2. The number of hydrogen-bond donors (Lipinski definition) is 1. The highest BCUT2D eigenvalue weighted by Gasteiger charge is 2.42. The smallest absolute Gasteiger partial charge is 0.309 e. The van der Waals surface area contributed by atoms with Crippen LogP contribution < -0.4 is 5.32 Å². The predicted octanol–water partition coefficient (Wildman–Crippen LogP) is 3.09. The van der Waals surface area contributed by atoms with Crippen LogP contribution >= 0.6 is 11.8 Å². The first kappa shape index (κ1) is 15.4. The summed E-state index contributed by atoms with van der Waals surface area (Å²) in [7, 11) is 0. The van der Waals surface area contributed by atoms with Gasteiger partial charge in [0, 0.05) is 37.0 Å². The minimum absolute atomic E-state index is 0.0499. The van der Waals surface area contributed by atoms with Gasteiger partial charge in [0.15, 0.2) is 0 Å². The molecular weight excluding hydrogens is 273 g/mol. The van der Waals surface area contributed by atoms with Crippen molar-refractivity contribution in [2.45, 2.75) is 50.2 Å². The summed E-state index contributed by atoms with van der Waals surface area (Å²) in [6.07, 6.45) is 3.48. The van der Waals surface area contributed by atoms with Gasteiger partial charge in [-0.3, -0.25) is 4.90 Å². The van der Waals surface area contributed by atoms with Gasteiger partial charge in [-0.1, -0.05) is 6.92 Å². The van der Waals surface area contributed by atoms with E-state index in [2.05, 4.69) is 24.1 Å². The Bertz CT molecular complexity index is 307. The molecule has 112 valence electrons. The number of thioether (sulfide) groups is 1. The van der Waals surface area contributed by atoms with Crippen molar-refractivity contribution in [3.8, 4) is 0 Å². The monoisotopic (exact) mass is 296 g/mol. The molecule has 1 aliphatic heterocycles.